The van der Waals surface area contributed by atoms with Gasteiger partial charge in [0.05, 0.1) is 0 Å². The minimum absolute atomic E-state index is 0.293. The largest absolute Gasteiger partial charge is 0.479 e. The third kappa shape index (κ3) is 4.60. The van der Waals surface area contributed by atoms with E-state index in [9.17, 15) is 14.0 Å². The number of carboxylic acid groups (broad SMARTS) is 1. The summed E-state index contributed by atoms with van der Waals surface area (Å²) >= 11 is 0. The molecule has 0 bridgehead atoms. The van der Waals surface area contributed by atoms with Crippen molar-refractivity contribution < 1.29 is 23.8 Å². The van der Waals surface area contributed by atoms with E-state index in [2.05, 4.69) is 5.32 Å². The van der Waals surface area contributed by atoms with Crippen molar-refractivity contribution in [2.75, 3.05) is 11.9 Å². The second kappa shape index (κ2) is 5.95. The Kier molecular flexibility index (Phi) is 4.59. The van der Waals surface area contributed by atoms with Gasteiger partial charge in [-0.05, 0) is 25.1 Å². The van der Waals surface area contributed by atoms with Crippen LogP contribution in [0.1, 0.15) is 6.92 Å². The zero-order chi connectivity index (χ0) is 12.8. The number of nitrogens with one attached hydrogen (secondary N) is 1. The highest BCUT2D eigenvalue weighted by molar-refractivity contribution is 5.91. The van der Waals surface area contributed by atoms with Crippen LogP contribution in [0.25, 0.3) is 0 Å². The molecule has 0 unspecified atom stereocenters. The fourth-order valence-corrected chi connectivity index (χ4v) is 1.04. The Bertz CT molecular complexity index is 422. The Morgan fingerprint density at radius 2 is 2.24 bits per heavy atom. The molecule has 0 heterocycles. The number of anilines is 1. The van der Waals surface area contributed by atoms with E-state index >= 15 is 0 Å². The van der Waals surface area contributed by atoms with E-state index < -0.39 is 30.4 Å². The number of carbonyl (C=O) groups is 2. The average molecular weight is 241 g/mol. The average Bonchev–Trinajstić information content (AvgIpc) is 2.25. The monoisotopic (exact) mass is 241 g/mol. The molecule has 2 N–H and O–H groups in total. The molecule has 0 aliphatic carbocycles. The van der Waals surface area contributed by atoms with Crippen molar-refractivity contribution >= 4 is 17.6 Å². The van der Waals surface area contributed by atoms with Crippen LogP contribution in [0.4, 0.5) is 10.1 Å². The third-order valence-corrected chi connectivity index (χ3v) is 1.92. The van der Waals surface area contributed by atoms with Crippen LogP contribution in [0, 0.1) is 5.82 Å². The number of amides is 1. The molecule has 0 aliphatic heterocycles. The van der Waals surface area contributed by atoms with Gasteiger partial charge >= 0.3 is 5.97 Å². The fourth-order valence-electron chi connectivity index (χ4n) is 1.04. The molecule has 1 atom stereocenters. The maximum absolute atomic E-state index is 12.8. The highest BCUT2D eigenvalue weighted by Gasteiger charge is 2.13. The number of halogens is 1. The zero-order valence-corrected chi connectivity index (χ0v) is 9.14. The first kappa shape index (κ1) is 13.1. The molecule has 17 heavy (non-hydrogen) atoms. The van der Waals surface area contributed by atoms with Gasteiger partial charge in [0, 0.05) is 5.69 Å². The van der Waals surface area contributed by atoms with Crippen molar-refractivity contribution in [1.29, 1.82) is 0 Å². The molecule has 0 spiro atoms. The molecule has 6 heteroatoms. The van der Waals surface area contributed by atoms with Crippen molar-refractivity contribution in [3.63, 3.8) is 0 Å². The van der Waals surface area contributed by atoms with Crippen LogP contribution in [-0.4, -0.2) is 29.7 Å². The van der Waals surface area contributed by atoms with E-state index in [1.807, 2.05) is 0 Å². The van der Waals surface area contributed by atoms with E-state index in [1.165, 1.54) is 25.1 Å². The van der Waals surface area contributed by atoms with E-state index in [4.69, 9.17) is 9.84 Å². The van der Waals surface area contributed by atoms with Gasteiger partial charge in [-0.1, -0.05) is 6.07 Å². The predicted octanol–water partition coefficient (Wildman–Crippen LogP) is 1.25. The Labute approximate surface area is 97.2 Å². The first-order valence-corrected chi connectivity index (χ1v) is 4.89. The van der Waals surface area contributed by atoms with Gasteiger partial charge < -0.3 is 15.2 Å². The predicted molar refractivity (Wildman–Crippen MR) is 58.1 cm³/mol. The number of hydrogen-bond acceptors (Lipinski definition) is 3. The van der Waals surface area contributed by atoms with Gasteiger partial charge in [0.15, 0.2) is 6.10 Å². The summed E-state index contributed by atoms with van der Waals surface area (Å²) in [7, 11) is 0. The summed E-state index contributed by atoms with van der Waals surface area (Å²) in [6.45, 7) is 0.918. The van der Waals surface area contributed by atoms with Crippen molar-refractivity contribution in [3.8, 4) is 0 Å². The van der Waals surface area contributed by atoms with E-state index in [-0.39, 0.29) is 0 Å². The van der Waals surface area contributed by atoms with E-state index in [1.54, 1.807) is 0 Å². The van der Waals surface area contributed by atoms with Crippen molar-refractivity contribution in [2.24, 2.45) is 0 Å². The van der Waals surface area contributed by atoms with Gasteiger partial charge in [0.1, 0.15) is 12.4 Å². The SMILES string of the molecule is C[C@@H](OCC(=O)Nc1cccc(F)c1)C(=O)O. The van der Waals surface area contributed by atoms with Crippen molar-refractivity contribution in [3.05, 3.63) is 30.1 Å². The molecule has 0 radical (unpaired) electrons. The number of hydrogen-bond donors (Lipinski definition) is 2. The number of carboxylic acids is 1. The molecular weight excluding hydrogens is 229 g/mol. The van der Waals surface area contributed by atoms with Crippen molar-refractivity contribution in [1.82, 2.24) is 0 Å². The van der Waals surface area contributed by atoms with E-state index in [0.29, 0.717) is 5.69 Å². The third-order valence-electron chi connectivity index (χ3n) is 1.92. The maximum atomic E-state index is 12.8. The topological polar surface area (TPSA) is 75.6 Å². The quantitative estimate of drug-likeness (QED) is 0.813. The lowest BCUT2D eigenvalue weighted by Crippen LogP contribution is -2.26. The molecular formula is C11H12FNO4. The molecule has 5 nitrogen and oxygen atoms in total. The van der Waals surface area contributed by atoms with Gasteiger partial charge in [-0.2, -0.15) is 0 Å². The molecule has 0 saturated heterocycles. The number of aliphatic carboxylic acids is 1. The number of carbonyl (C=O) groups excluding carboxylic acids is 1. The summed E-state index contributed by atoms with van der Waals surface area (Å²) in [6, 6.07) is 5.37. The van der Waals surface area contributed by atoms with Crippen molar-refractivity contribution in [2.45, 2.75) is 13.0 Å². The van der Waals surface area contributed by atoms with Crippen LogP contribution < -0.4 is 5.32 Å². The summed E-state index contributed by atoms with van der Waals surface area (Å²) in [4.78, 5) is 21.7. The molecule has 1 aromatic rings. The van der Waals surface area contributed by atoms with Crippen LogP contribution >= 0.6 is 0 Å². The van der Waals surface area contributed by atoms with Gasteiger partial charge in [0.2, 0.25) is 5.91 Å². The Hall–Kier alpha value is -1.95. The van der Waals surface area contributed by atoms with Gasteiger partial charge in [-0.25, -0.2) is 9.18 Å². The Morgan fingerprint density at radius 1 is 1.53 bits per heavy atom. The maximum Gasteiger partial charge on any atom is 0.332 e. The molecule has 1 aromatic carbocycles. The molecule has 1 rings (SSSR count). The second-order valence-corrected chi connectivity index (χ2v) is 3.35. The van der Waals surface area contributed by atoms with Crippen LogP contribution in [0.5, 0.6) is 0 Å². The molecule has 0 aromatic heterocycles. The van der Waals surface area contributed by atoms with Crippen LogP contribution in [0.3, 0.4) is 0 Å². The summed E-state index contributed by atoms with van der Waals surface area (Å²) < 4.78 is 17.5. The lowest BCUT2D eigenvalue weighted by Gasteiger charge is -2.08. The first-order chi connectivity index (χ1) is 7.99. The van der Waals surface area contributed by atoms with Gasteiger partial charge in [0.25, 0.3) is 0 Å². The van der Waals surface area contributed by atoms with Gasteiger partial charge in [-0.15, -0.1) is 0 Å². The summed E-state index contributed by atoms with van der Waals surface area (Å²) in [6.07, 6.45) is -1.06. The van der Waals surface area contributed by atoms with Gasteiger partial charge in [-0.3, -0.25) is 4.79 Å². The molecule has 0 fully saturated rings. The zero-order valence-electron chi connectivity index (χ0n) is 9.14. The first-order valence-electron chi connectivity index (χ1n) is 4.89. The Balaban J connectivity index is 2.42. The van der Waals surface area contributed by atoms with Crippen LogP contribution in [-0.2, 0) is 14.3 Å². The summed E-state index contributed by atoms with van der Waals surface area (Å²) in [5, 5.41) is 10.9. The minimum atomic E-state index is -1.15. The summed E-state index contributed by atoms with van der Waals surface area (Å²) in [5.74, 6) is -2.16. The number of rotatable bonds is 5. The second-order valence-electron chi connectivity index (χ2n) is 3.35. The number of benzene rings is 1. The lowest BCUT2D eigenvalue weighted by molar-refractivity contribution is -0.150. The molecule has 0 saturated carbocycles. The summed E-state index contributed by atoms with van der Waals surface area (Å²) in [5.41, 5.74) is 0.293. The highest BCUT2D eigenvalue weighted by atomic mass is 19.1. The Morgan fingerprint density at radius 3 is 2.82 bits per heavy atom. The van der Waals surface area contributed by atoms with E-state index in [0.717, 1.165) is 6.07 Å². The van der Waals surface area contributed by atoms with Crippen LogP contribution in [0.2, 0.25) is 0 Å². The fraction of sp³-hybridized carbons (Fsp3) is 0.273. The van der Waals surface area contributed by atoms with Crippen LogP contribution in [0.15, 0.2) is 24.3 Å². The minimum Gasteiger partial charge on any atom is -0.479 e. The molecule has 92 valence electrons. The highest BCUT2D eigenvalue weighted by Crippen LogP contribution is 2.08. The number of ether oxygens (including phenoxy) is 1. The smallest absolute Gasteiger partial charge is 0.332 e. The molecule has 0 aliphatic rings. The lowest BCUT2D eigenvalue weighted by atomic mass is 10.3. The molecule has 1 amide bonds. The standard InChI is InChI=1S/C11H12FNO4/c1-7(11(15)16)17-6-10(14)13-9-4-2-3-8(12)5-9/h2-5,7H,6H2,1H3,(H,13,14)(H,15,16)/t7-/m1/s1. The normalized spacial score (nSPS) is 11.9.